The highest BCUT2D eigenvalue weighted by atomic mass is 15.5. The number of aromatic nitrogens is 4. The summed E-state index contributed by atoms with van der Waals surface area (Å²) in [5.41, 5.74) is 0. The van der Waals surface area contributed by atoms with Crippen molar-refractivity contribution in [3.05, 3.63) is 5.82 Å². The van der Waals surface area contributed by atoms with Crippen LogP contribution in [0.4, 0.5) is 0 Å². The second kappa shape index (κ2) is 1.81. The van der Waals surface area contributed by atoms with Gasteiger partial charge in [-0.3, -0.25) is 0 Å². The molecule has 0 bridgehead atoms. The average molecular weight is 150 g/mol. The number of rotatable bonds is 1. The van der Waals surface area contributed by atoms with E-state index in [0.717, 1.165) is 17.7 Å². The molecule has 2 aliphatic carbocycles. The van der Waals surface area contributed by atoms with Gasteiger partial charge in [-0.05, 0) is 31.1 Å². The van der Waals surface area contributed by atoms with Gasteiger partial charge in [-0.2, -0.15) is 5.21 Å². The number of nitrogens with zero attached hydrogens (tertiary/aromatic N) is 3. The summed E-state index contributed by atoms with van der Waals surface area (Å²) in [6.45, 7) is 0. The number of hydrogen-bond acceptors (Lipinski definition) is 3. The monoisotopic (exact) mass is 150 g/mol. The zero-order valence-corrected chi connectivity index (χ0v) is 6.20. The number of hydrogen-bond donors (Lipinski definition) is 1. The van der Waals surface area contributed by atoms with Gasteiger partial charge in [0.15, 0.2) is 5.82 Å². The Morgan fingerprint density at radius 2 is 2.36 bits per heavy atom. The summed E-state index contributed by atoms with van der Waals surface area (Å²) in [6, 6.07) is 0. The topological polar surface area (TPSA) is 54.5 Å². The number of aromatic amines is 1. The van der Waals surface area contributed by atoms with E-state index in [4.69, 9.17) is 0 Å². The quantitative estimate of drug-likeness (QED) is 0.641. The third-order valence-corrected chi connectivity index (χ3v) is 3.04. The van der Waals surface area contributed by atoms with Crippen LogP contribution in [0.25, 0.3) is 0 Å². The smallest absolute Gasteiger partial charge is 0.177 e. The Bertz CT molecular complexity index is 255. The molecular weight excluding hydrogens is 140 g/mol. The molecule has 1 N–H and O–H groups in total. The second-order valence-corrected chi connectivity index (χ2v) is 3.61. The molecule has 0 aromatic carbocycles. The minimum absolute atomic E-state index is 0.624. The highest BCUT2D eigenvalue weighted by molar-refractivity contribution is 5.09. The fourth-order valence-corrected chi connectivity index (χ4v) is 2.35. The molecule has 0 radical (unpaired) electrons. The van der Waals surface area contributed by atoms with Gasteiger partial charge in [-0.25, -0.2) is 0 Å². The Labute approximate surface area is 64.4 Å². The molecule has 4 heteroatoms. The number of H-pyrrole nitrogens is 1. The summed E-state index contributed by atoms with van der Waals surface area (Å²) in [4.78, 5) is 0. The molecule has 4 nitrogen and oxygen atoms in total. The molecule has 0 amide bonds. The molecule has 11 heavy (non-hydrogen) atoms. The third kappa shape index (κ3) is 0.721. The lowest BCUT2D eigenvalue weighted by atomic mass is 10.0. The lowest BCUT2D eigenvalue weighted by Gasteiger charge is -2.03. The highest BCUT2D eigenvalue weighted by Crippen LogP contribution is 2.58. The minimum Gasteiger partial charge on any atom is -0.177 e. The van der Waals surface area contributed by atoms with Crippen molar-refractivity contribution in [1.29, 1.82) is 0 Å². The Morgan fingerprint density at radius 3 is 2.91 bits per heavy atom. The van der Waals surface area contributed by atoms with E-state index in [1.807, 2.05) is 0 Å². The molecule has 1 unspecified atom stereocenters. The largest absolute Gasteiger partial charge is 0.177 e. The molecule has 2 aliphatic rings. The molecular formula is C7H10N4. The van der Waals surface area contributed by atoms with E-state index in [0.29, 0.717) is 5.92 Å². The van der Waals surface area contributed by atoms with Crippen molar-refractivity contribution in [3.8, 4) is 0 Å². The summed E-state index contributed by atoms with van der Waals surface area (Å²) in [5.74, 6) is 3.46. The van der Waals surface area contributed by atoms with Crippen molar-refractivity contribution in [2.45, 2.75) is 25.2 Å². The van der Waals surface area contributed by atoms with Crippen molar-refractivity contribution in [2.24, 2.45) is 11.8 Å². The van der Waals surface area contributed by atoms with Crippen molar-refractivity contribution >= 4 is 0 Å². The molecule has 3 rings (SSSR count). The lowest BCUT2D eigenvalue weighted by Crippen LogP contribution is -1.99. The van der Waals surface area contributed by atoms with Crippen LogP contribution in [0.15, 0.2) is 0 Å². The summed E-state index contributed by atoms with van der Waals surface area (Å²) in [5, 5.41) is 14.2. The normalized spacial score (nSPS) is 40.5. The maximum absolute atomic E-state index is 4.03. The maximum Gasteiger partial charge on any atom is 0.177 e. The molecule has 0 spiro atoms. The first-order chi connectivity index (χ1) is 5.45. The van der Waals surface area contributed by atoms with E-state index in [9.17, 15) is 0 Å². The van der Waals surface area contributed by atoms with Crippen molar-refractivity contribution in [2.75, 3.05) is 0 Å². The molecule has 2 fully saturated rings. The fourth-order valence-electron chi connectivity index (χ4n) is 2.35. The molecule has 1 heterocycles. The van der Waals surface area contributed by atoms with Crippen LogP contribution < -0.4 is 0 Å². The molecule has 0 aliphatic heterocycles. The van der Waals surface area contributed by atoms with Gasteiger partial charge in [-0.1, -0.05) is 5.21 Å². The van der Waals surface area contributed by atoms with Crippen molar-refractivity contribution in [3.63, 3.8) is 0 Å². The number of nitrogens with one attached hydrogen (secondary N) is 1. The van der Waals surface area contributed by atoms with Gasteiger partial charge >= 0.3 is 0 Å². The Kier molecular flexibility index (Phi) is 0.935. The van der Waals surface area contributed by atoms with Crippen LogP contribution >= 0.6 is 0 Å². The van der Waals surface area contributed by atoms with Crippen molar-refractivity contribution < 1.29 is 0 Å². The van der Waals surface area contributed by atoms with Gasteiger partial charge in [0.1, 0.15) is 0 Å². The van der Waals surface area contributed by atoms with Crippen LogP contribution in [-0.4, -0.2) is 20.6 Å². The zero-order chi connectivity index (χ0) is 7.26. The van der Waals surface area contributed by atoms with Gasteiger partial charge in [0.05, 0.1) is 0 Å². The van der Waals surface area contributed by atoms with E-state index in [-0.39, 0.29) is 0 Å². The first-order valence-corrected chi connectivity index (χ1v) is 4.18. The molecule has 3 atom stereocenters. The van der Waals surface area contributed by atoms with Crippen LogP contribution in [0.5, 0.6) is 0 Å². The zero-order valence-electron chi connectivity index (χ0n) is 6.20. The van der Waals surface area contributed by atoms with E-state index in [2.05, 4.69) is 20.6 Å². The van der Waals surface area contributed by atoms with Gasteiger partial charge in [0, 0.05) is 5.92 Å². The summed E-state index contributed by atoms with van der Waals surface area (Å²) < 4.78 is 0. The van der Waals surface area contributed by atoms with E-state index in [1.165, 1.54) is 19.3 Å². The standard InChI is InChI=1S/C7H10N4/c1-2-5(6-3-4(1)6)7-8-10-11-9-7/h4-6H,1-3H2,(H,8,9,10,11)/t4-,5-,6?/m0/s1. The lowest BCUT2D eigenvalue weighted by molar-refractivity contribution is 0.589. The SMILES string of the molecule is C1C[C@H](c2nn[nH]n2)C2C[C@H]12. The van der Waals surface area contributed by atoms with Crippen LogP contribution in [0.3, 0.4) is 0 Å². The van der Waals surface area contributed by atoms with Crippen molar-refractivity contribution in [1.82, 2.24) is 20.6 Å². The van der Waals surface area contributed by atoms with Gasteiger partial charge < -0.3 is 0 Å². The number of fused-ring (bicyclic) bond motifs is 1. The molecule has 0 saturated heterocycles. The maximum atomic E-state index is 4.03. The van der Waals surface area contributed by atoms with Crippen LogP contribution in [0, 0.1) is 11.8 Å². The molecule has 1 aromatic rings. The molecule has 2 saturated carbocycles. The molecule has 1 aromatic heterocycles. The average Bonchev–Trinajstić information content (AvgIpc) is 2.54. The molecule has 58 valence electrons. The van der Waals surface area contributed by atoms with Gasteiger partial charge in [0.25, 0.3) is 0 Å². The minimum atomic E-state index is 0.624. The Balaban J connectivity index is 1.89. The Hall–Kier alpha value is -0.930. The van der Waals surface area contributed by atoms with E-state index < -0.39 is 0 Å². The Morgan fingerprint density at radius 1 is 1.36 bits per heavy atom. The van der Waals surface area contributed by atoms with E-state index >= 15 is 0 Å². The predicted molar refractivity (Wildman–Crippen MR) is 37.7 cm³/mol. The van der Waals surface area contributed by atoms with E-state index in [1.54, 1.807) is 0 Å². The predicted octanol–water partition coefficient (Wildman–Crippen LogP) is 0.713. The van der Waals surface area contributed by atoms with Crippen LogP contribution in [0.1, 0.15) is 31.0 Å². The summed E-state index contributed by atoms with van der Waals surface area (Å²) in [6.07, 6.45) is 4.05. The van der Waals surface area contributed by atoms with Crippen LogP contribution in [0.2, 0.25) is 0 Å². The van der Waals surface area contributed by atoms with Gasteiger partial charge in [0.2, 0.25) is 0 Å². The number of tetrazole rings is 1. The highest BCUT2D eigenvalue weighted by Gasteiger charge is 2.49. The second-order valence-electron chi connectivity index (χ2n) is 3.61. The van der Waals surface area contributed by atoms with Gasteiger partial charge in [-0.15, -0.1) is 10.2 Å². The third-order valence-electron chi connectivity index (χ3n) is 3.04. The first-order valence-electron chi connectivity index (χ1n) is 4.18. The summed E-state index contributed by atoms with van der Waals surface area (Å²) >= 11 is 0. The van der Waals surface area contributed by atoms with Crippen LogP contribution in [-0.2, 0) is 0 Å². The fraction of sp³-hybridized carbons (Fsp3) is 0.857. The summed E-state index contributed by atoms with van der Waals surface area (Å²) in [7, 11) is 0. The first kappa shape index (κ1) is 5.69.